The number of nitrogens with zero attached hydrogens (tertiary/aromatic N) is 2. The zero-order chi connectivity index (χ0) is 14.8. The van der Waals surface area contributed by atoms with Crippen molar-refractivity contribution in [2.24, 2.45) is 0 Å². The van der Waals surface area contributed by atoms with E-state index in [1.54, 1.807) is 6.20 Å². The number of nitrogen functional groups attached to an aromatic ring is 1. The highest BCUT2D eigenvalue weighted by Gasteiger charge is 2.17. The molecule has 1 saturated heterocycles. The number of hydrogen-bond acceptors (Lipinski definition) is 5. The minimum atomic E-state index is 0.423. The first kappa shape index (κ1) is 14.5. The van der Waals surface area contributed by atoms with E-state index in [0.29, 0.717) is 11.9 Å². The smallest absolute Gasteiger partial charge is 0.132 e. The Labute approximate surface area is 132 Å². The lowest BCUT2D eigenvalue weighted by molar-refractivity contribution is 0.0904. The standard InChI is InChI=1S/C15H19BrN4O/c1-2-9-7-11-13(12(16)8-18-14(11)17)20-15(9)19-10-3-5-21-6-4-10/h7-8,10H,2-6H2,1H3,(H2,17,18)(H,19,20). The largest absolute Gasteiger partial charge is 0.383 e. The van der Waals surface area contributed by atoms with Gasteiger partial charge in [0, 0.05) is 30.8 Å². The van der Waals surface area contributed by atoms with Crippen LogP contribution in [0.5, 0.6) is 0 Å². The lowest BCUT2D eigenvalue weighted by atomic mass is 10.1. The Morgan fingerprint density at radius 3 is 2.90 bits per heavy atom. The summed E-state index contributed by atoms with van der Waals surface area (Å²) in [4.78, 5) is 8.96. The number of nitrogens with two attached hydrogens (primary N) is 1. The molecule has 112 valence electrons. The normalized spacial score (nSPS) is 16.3. The number of rotatable bonds is 3. The molecule has 2 aromatic heterocycles. The van der Waals surface area contributed by atoms with Crippen molar-refractivity contribution in [3.05, 3.63) is 22.3 Å². The summed E-state index contributed by atoms with van der Waals surface area (Å²) in [6.07, 6.45) is 4.64. The van der Waals surface area contributed by atoms with E-state index in [4.69, 9.17) is 15.5 Å². The Bertz CT molecular complexity index is 656. The minimum absolute atomic E-state index is 0.423. The Hall–Kier alpha value is -1.40. The maximum atomic E-state index is 5.97. The summed E-state index contributed by atoms with van der Waals surface area (Å²) in [6.45, 7) is 3.75. The van der Waals surface area contributed by atoms with Crippen LogP contribution in [-0.2, 0) is 11.2 Å². The van der Waals surface area contributed by atoms with E-state index < -0.39 is 0 Å². The summed E-state index contributed by atoms with van der Waals surface area (Å²) in [7, 11) is 0. The van der Waals surface area contributed by atoms with Gasteiger partial charge >= 0.3 is 0 Å². The molecule has 1 aliphatic heterocycles. The summed E-state index contributed by atoms with van der Waals surface area (Å²) in [5, 5.41) is 4.47. The zero-order valence-electron chi connectivity index (χ0n) is 12.0. The first-order chi connectivity index (χ1) is 10.2. The van der Waals surface area contributed by atoms with E-state index in [0.717, 1.165) is 53.7 Å². The molecule has 21 heavy (non-hydrogen) atoms. The molecule has 2 aromatic rings. The second kappa shape index (κ2) is 6.15. The molecule has 0 unspecified atom stereocenters. The number of pyridine rings is 2. The van der Waals surface area contributed by atoms with Crippen molar-refractivity contribution in [2.45, 2.75) is 32.2 Å². The van der Waals surface area contributed by atoms with Gasteiger partial charge in [0.05, 0.1) is 9.99 Å². The SMILES string of the molecule is CCc1cc2c(N)ncc(Br)c2nc1NC1CCOCC1. The van der Waals surface area contributed by atoms with E-state index in [-0.39, 0.29) is 0 Å². The number of aromatic nitrogens is 2. The summed E-state index contributed by atoms with van der Waals surface area (Å²) in [6, 6.07) is 2.52. The molecule has 0 aliphatic carbocycles. The number of nitrogens with one attached hydrogen (secondary N) is 1. The molecule has 1 aliphatic rings. The van der Waals surface area contributed by atoms with E-state index >= 15 is 0 Å². The van der Waals surface area contributed by atoms with Crippen molar-refractivity contribution < 1.29 is 4.74 Å². The molecule has 3 heterocycles. The number of halogens is 1. The summed E-state index contributed by atoms with van der Waals surface area (Å²) >= 11 is 3.51. The lowest BCUT2D eigenvalue weighted by Crippen LogP contribution is -2.28. The van der Waals surface area contributed by atoms with Gasteiger partial charge in [0.15, 0.2) is 0 Å². The molecular formula is C15H19BrN4O. The third-order valence-corrected chi connectivity index (χ3v) is 4.44. The Morgan fingerprint density at radius 1 is 1.43 bits per heavy atom. The molecule has 0 saturated carbocycles. The highest BCUT2D eigenvalue weighted by atomic mass is 79.9. The van der Waals surface area contributed by atoms with Crippen LogP contribution in [0.25, 0.3) is 10.9 Å². The topological polar surface area (TPSA) is 73.1 Å². The van der Waals surface area contributed by atoms with Crippen LogP contribution in [0.3, 0.4) is 0 Å². The average Bonchev–Trinajstić information content (AvgIpc) is 2.52. The molecule has 6 heteroatoms. The molecule has 3 N–H and O–H groups in total. The van der Waals surface area contributed by atoms with Crippen molar-refractivity contribution in [2.75, 3.05) is 24.3 Å². The molecule has 0 amide bonds. The van der Waals surface area contributed by atoms with Gasteiger partial charge in [0.25, 0.3) is 0 Å². The van der Waals surface area contributed by atoms with E-state index in [9.17, 15) is 0 Å². The van der Waals surface area contributed by atoms with Crippen molar-refractivity contribution >= 4 is 38.5 Å². The van der Waals surface area contributed by atoms with Crippen LogP contribution >= 0.6 is 15.9 Å². The van der Waals surface area contributed by atoms with Gasteiger partial charge in [-0.15, -0.1) is 0 Å². The zero-order valence-corrected chi connectivity index (χ0v) is 13.6. The number of hydrogen-bond donors (Lipinski definition) is 2. The summed E-state index contributed by atoms with van der Waals surface area (Å²) in [5.74, 6) is 1.47. The molecule has 5 nitrogen and oxygen atoms in total. The molecule has 0 bridgehead atoms. The molecular weight excluding hydrogens is 332 g/mol. The molecule has 1 fully saturated rings. The third-order valence-electron chi connectivity index (χ3n) is 3.86. The number of ether oxygens (including phenoxy) is 1. The van der Waals surface area contributed by atoms with Gasteiger partial charge in [-0.3, -0.25) is 0 Å². The van der Waals surface area contributed by atoms with Crippen molar-refractivity contribution in [3.63, 3.8) is 0 Å². The van der Waals surface area contributed by atoms with Crippen LogP contribution in [0.15, 0.2) is 16.7 Å². The van der Waals surface area contributed by atoms with Gasteiger partial charge in [0.1, 0.15) is 11.6 Å². The molecule has 3 rings (SSSR count). The molecule has 0 aromatic carbocycles. The second-order valence-electron chi connectivity index (χ2n) is 5.27. The van der Waals surface area contributed by atoms with Crippen molar-refractivity contribution in [3.8, 4) is 0 Å². The van der Waals surface area contributed by atoms with Gasteiger partial charge in [0.2, 0.25) is 0 Å². The quantitative estimate of drug-likeness (QED) is 0.889. The van der Waals surface area contributed by atoms with E-state index in [1.165, 1.54) is 5.56 Å². The monoisotopic (exact) mass is 350 g/mol. The Morgan fingerprint density at radius 2 is 2.19 bits per heavy atom. The average molecular weight is 351 g/mol. The predicted octanol–water partition coefficient (Wildman–Crippen LogP) is 3.13. The first-order valence-corrected chi connectivity index (χ1v) is 8.06. The highest BCUT2D eigenvalue weighted by molar-refractivity contribution is 9.10. The van der Waals surface area contributed by atoms with Crippen LogP contribution < -0.4 is 11.1 Å². The van der Waals surface area contributed by atoms with Crippen LogP contribution in [0.2, 0.25) is 0 Å². The minimum Gasteiger partial charge on any atom is -0.383 e. The fourth-order valence-corrected chi connectivity index (χ4v) is 3.02. The van der Waals surface area contributed by atoms with Gasteiger partial charge in [-0.05, 0) is 46.8 Å². The fraction of sp³-hybridized carbons (Fsp3) is 0.467. The summed E-state index contributed by atoms with van der Waals surface area (Å²) < 4.78 is 6.27. The number of fused-ring (bicyclic) bond motifs is 1. The maximum Gasteiger partial charge on any atom is 0.132 e. The Balaban J connectivity index is 2.02. The summed E-state index contributed by atoms with van der Waals surface area (Å²) in [5.41, 5.74) is 8.00. The van der Waals surface area contributed by atoms with Gasteiger partial charge in [-0.25, -0.2) is 9.97 Å². The first-order valence-electron chi connectivity index (χ1n) is 7.27. The fourth-order valence-electron chi connectivity index (χ4n) is 2.62. The number of anilines is 2. The molecule has 0 radical (unpaired) electrons. The Kier molecular flexibility index (Phi) is 4.26. The predicted molar refractivity (Wildman–Crippen MR) is 88.5 cm³/mol. The van der Waals surface area contributed by atoms with Gasteiger partial charge in [-0.1, -0.05) is 6.92 Å². The molecule has 0 atom stereocenters. The third kappa shape index (κ3) is 2.96. The van der Waals surface area contributed by atoms with E-state index in [1.807, 2.05) is 0 Å². The lowest BCUT2D eigenvalue weighted by Gasteiger charge is -2.25. The van der Waals surface area contributed by atoms with Gasteiger partial charge in [-0.2, -0.15) is 0 Å². The van der Waals surface area contributed by atoms with Crippen molar-refractivity contribution in [1.82, 2.24) is 9.97 Å². The van der Waals surface area contributed by atoms with Crippen LogP contribution in [0.1, 0.15) is 25.3 Å². The second-order valence-corrected chi connectivity index (χ2v) is 6.12. The van der Waals surface area contributed by atoms with Crippen molar-refractivity contribution in [1.29, 1.82) is 0 Å². The van der Waals surface area contributed by atoms with Gasteiger partial charge < -0.3 is 15.8 Å². The highest BCUT2D eigenvalue weighted by Crippen LogP contribution is 2.30. The van der Waals surface area contributed by atoms with Crippen LogP contribution in [0.4, 0.5) is 11.6 Å². The van der Waals surface area contributed by atoms with Crippen LogP contribution in [0, 0.1) is 0 Å². The number of aryl methyl sites for hydroxylation is 1. The molecule has 0 spiro atoms. The van der Waals surface area contributed by atoms with Crippen LogP contribution in [-0.4, -0.2) is 29.2 Å². The van der Waals surface area contributed by atoms with E-state index in [2.05, 4.69) is 39.2 Å². The maximum absolute atomic E-state index is 5.97.